The molecule has 0 radical (unpaired) electrons. The summed E-state index contributed by atoms with van der Waals surface area (Å²) in [7, 11) is 0. The smallest absolute Gasteiger partial charge is 0.290 e. The number of hydrogen-bond acceptors (Lipinski definition) is 3. The predicted molar refractivity (Wildman–Crippen MR) is 91.9 cm³/mol. The summed E-state index contributed by atoms with van der Waals surface area (Å²) in [6, 6.07) is 14.2. The SMILES string of the molecule is O=C(c1cc(=O)c2ccccc2o1)N1CCCC1c1cccc(F)c1. The number of para-hydroxylation sites is 1. The zero-order chi connectivity index (χ0) is 17.4. The monoisotopic (exact) mass is 337 g/mol. The quantitative estimate of drug-likeness (QED) is 0.712. The molecule has 4 nitrogen and oxygen atoms in total. The van der Waals surface area contributed by atoms with Crippen molar-refractivity contribution in [2.24, 2.45) is 0 Å². The van der Waals surface area contributed by atoms with Gasteiger partial charge in [0.15, 0.2) is 11.2 Å². The highest BCUT2D eigenvalue weighted by molar-refractivity contribution is 5.93. The van der Waals surface area contributed by atoms with Crippen molar-refractivity contribution >= 4 is 16.9 Å². The second-order valence-electron chi connectivity index (χ2n) is 6.18. The summed E-state index contributed by atoms with van der Waals surface area (Å²) in [5.74, 6) is -0.643. The van der Waals surface area contributed by atoms with Crippen LogP contribution >= 0.6 is 0 Å². The van der Waals surface area contributed by atoms with Crippen molar-refractivity contribution < 1.29 is 13.6 Å². The number of rotatable bonds is 2. The first kappa shape index (κ1) is 15.6. The summed E-state index contributed by atoms with van der Waals surface area (Å²) in [6.45, 7) is 0.552. The Morgan fingerprint density at radius 2 is 1.96 bits per heavy atom. The lowest BCUT2D eigenvalue weighted by molar-refractivity contribution is 0.0703. The summed E-state index contributed by atoms with van der Waals surface area (Å²) >= 11 is 0. The molecule has 25 heavy (non-hydrogen) atoms. The molecule has 0 spiro atoms. The predicted octanol–water partition coefficient (Wildman–Crippen LogP) is 3.91. The zero-order valence-corrected chi connectivity index (χ0v) is 13.4. The number of amides is 1. The molecule has 4 rings (SSSR count). The molecule has 5 heteroatoms. The lowest BCUT2D eigenvalue weighted by atomic mass is 10.0. The van der Waals surface area contributed by atoms with E-state index < -0.39 is 0 Å². The van der Waals surface area contributed by atoms with Crippen LogP contribution in [0.1, 0.15) is 35.0 Å². The largest absolute Gasteiger partial charge is 0.451 e. The fraction of sp³-hybridized carbons (Fsp3) is 0.200. The van der Waals surface area contributed by atoms with Gasteiger partial charge in [0, 0.05) is 12.6 Å². The third-order valence-electron chi connectivity index (χ3n) is 4.59. The van der Waals surface area contributed by atoms with Gasteiger partial charge in [-0.25, -0.2) is 4.39 Å². The third kappa shape index (κ3) is 2.82. The van der Waals surface area contributed by atoms with Gasteiger partial charge in [-0.2, -0.15) is 0 Å². The molecule has 0 bridgehead atoms. The average molecular weight is 337 g/mol. The van der Waals surface area contributed by atoms with Crippen LogP contribution in [0.4, 0.5) is 4.39 Å². The number of carbonyl (C=O) groups excluding carboxylic acids is 1. The lowest BCUT2D eigenvalue weighted by Gasteiger charge is -2.24. The van der Waals surface area contributed by atoms with E-state index in [4.69, 9.17) is 4.42 Å². The molecule has 0 saturated carbocycles. The van der Waals surface area contributed by atoms with Crippen molar-refractivity contribution in [3.63, 3.8) is 0 Å². The highest BCUT2D eigenvalue weighted by Gasteiger charge is 2.32. The van der Waals surface area contributed by atoms with E-state index in [-0.39, 0.29) is 29.0 Å². The van der Waals surface area contributed by atoms with Crippen LogP contribution in [0.3, 0.4) is 0 Å². The van der Waals surface area contributed by atoms with Gasteiger partial charge >= 0.3 is 0 Å². The number of nitrogens with zero attached hydrogens (tertiary/aromatic N) is 1. The van der Waals surface area contributed by atoms with Crippen LogP contribution in [0.5, 0.6) is 0 Å². The van der Waals surface area contributed by atoms with E-state index in [1.807, 2.05) is 6.07 Å². The van der Waals surface area contributed by atoms with Gasteiger partial charge in [0.25, 0.3) is 5.91 Å². The lowest BCUT2D eigenvalue weighted by Crippen LogP contribution is -2.31. The van der Waals surface area contributed by atoms with E-state index in [2.05, 4.69) is 0 Å². The normalized spacial score (nSPS) is 17.2. The van der Waals surface area contributed by atoms with Crippen molar-refractivity contribution in [2.45, 2.75) is 18.9 Å². The van der Waals surface area contributed by atoms with Crippen molar-refractivity contribution in [3.8, 4) is 0 Å². The molecule has 1 fully saturated rings. The molecule has 1 unspecified atom stereocenters. The third-order valence-corrected chi connectivity index (χ3v) is 4.59. The van der Waals surface area contributed by atoms with E-state index in [1.165, 1.54) is 18.2 Å². The average Bonchev–Trinajstić information content (AvgIpc) is 3.11. The Labute approximate surface area is 143 Å². The minimum atomic E-state index is -0.338. The van der Waals surface area contributed by atoms with E-state index in [1.54, 1.807) is 35.2 Å². The molecule has 0 aliphatic carbocycles. The Balaban J connectivity index is 1.71. The zero-order valence-electron chi connectivity index (χ0n) is 13.4. The second kappa shape index (κ2) is 6.16. The minimum Gasteiger partial charge on any atom is -0.451 e. The van der Waals surface area contributed by atoms with Crippen molar-refractivity contribution in [1.82, 2.24) is 4.90 Å². The topological polar surface area (TPSA) is 50.5 Å². The Kier molecular flexibility index (Phi) is 3.84. The number of hydrogen-bond donors (Lipinski definition) is 0. The highest BCUT2D eigenvalue weighted by Crippen LogP contribution is 2.33. The molecule has 1 saturated heterocycles. The molecule has 2 heterocycles. The van der Waals surface area contributed by atoms with E-state index in [0.717, 1.165) is 18.4 Å². The Hall–Kier alpha value is -2.95. The molecule has 3 aromatic rings. The highest BCUT2D eigenvalue weighted by atomic mass is 19.1. The number of carbonyl (C=O) groups is 1. The molecule has 1 aliphatic heterocycles. The maximum atomic E-state index is 13.5. The van der Waals surface area contributed by atoms with Crippen LogP contribution in [-0.2, 0) is 0 Å². The number of likely N-dealkylation sites (tertiary alicyclic amines) is 1. The van der Waals surface area contributed by atoms with Crippen LogP contribution in [0.25, 0.3) is 11.0 Å². The first-order valence-corrected chi connectivity index (χ1v) is 8.23. The summed E-state index contributed by atoms with van der Waals surface area (Å²) in [5, 5.41) is 0.446. The molecule has 0 N–H and O–H groups in total. The van der Waals surface area contributed by atoms with Crippen LogP contribution < -0.4 is 5.43 Å². The molecule has 1 aliphatic rings. The fourth-order valence-electron chi connectivity index (χ4n) is 3.42. The summed E-state index contributed by atoms with van der Waals surface area (Å²) in [6.07, 6.45) is 1.58. The Bertz CT molecular complexity index is 1010. The maximum absolute atomic E-state index is 13.5. The van der Waals surface area contributed by atoms with Gasteiger partial charge in [0.1, 0.15) is 11.4 Å². The van der Waals surface area contributed by atoms with Gasteiger partial charge in [-0.1, -0.05) is 24.3 Å². The summed E-state index contributed by atoms with van der Waals surface area (Å²) < 4.78 is 19.2. The molecule has 126 valence electrons. The van der Waals surface area contributed by atoms with Gasteiger partial charge in [0.05, 0.1) is 11.4 Å². The van der Waals surface area contributed by atoms with Gasteiger partial charge in [-0.05, 0) is 42.7 Å². The standard InChI is InChI=1S/C20H16FNO3/c21-14-6-3-5-13(11-14)16-8-4-10-22(16)20(24)19-12-17(23)15-7-1-2-9-18(15)25-19/h1-3,5-7,9,11-12,16H,4,8,10H2. The van der Waals surface area contributed by atoms with Crippen LogP contribution in [0, 0.1) is 5.82 Å². The Morgan fingerprint density at radius 1 is 1.12 bits per heavy atom. The van der Waals surface area contributed by atoms with Crippen LogP contribution in [0.2, 0.25) is 0 Å². The summed E-state index contributed by atoms with van der Waals surface area (Å²) in [5.41, 5.74) is 0.903. The van der Waals surface area contributed by atoms with Crippen molar-refractivity contribution in [1.29, 1.82) is 0 Å². The van der Waals surface area contributed by atoms with Gasteiger partial charge in [0.2, 0.25) is 0 Å². The number of benzene rings is 2. The van der Waals surface area contributed by atoms with Gasteiger partial charge in [-0.15, -0.1) is 0 Å². The minimum absolute atomic E-state index is 0.0204. The Morgan fingerprint density at radius 3 is 2.80 bits per heavy atom. The van der Waals surface area contributed by atoms with Crippen LogP contribution in [0.15, 0.2) is 63.8 Å². The fourth-order valence-corrected chi connectivity index (χ4v) is 3.42. The van der Waals surface area contributed by atoms with Crippen molar-refractivity contribution in [2.75, 3.05) is 6.54 Å². The van der Waals surface area contributed by atoms with Gasteiger partial charge < -0.3 is 9.32 Å². The molecular formula is C20H16FNO3. The van der Waals surface area contributed by atoms with E-state index in [0.29, 0.717) is 17.5 Å². The molecule has 2 aromatic carbocycles. The van der Waals surface area contributed by atoms with E-state index in [9.17, 15) is 14.0 Å². The summed E-state index contributed by atoms with van der Waals surface area (Å²) in [4.78, 5) is 26.8. The molecular weight excluding hydrogens is 321 g/mol. The molecule has 1 amide bonds. The van der Waals surface area contributed by atoms with E-state index >= 15 is 0 Å². The first-order valence-electron chi connectivity index (χ1n) is 8.23. The number of halogens is 1. The second-order valence-corrected chi connectivity index (χ2v) is 6.18. The number of fused-ring (bicyclic) bond motifs is 1. The molecule has 1 aromatic heterocycles. The maximum Gasteiger partial charge on any atom is 0.290 e. The van der Waals surface area contributed by atoms with Gasteiger partial charge in [-0.3, -0.25) is 9.59 Å². The van der Waals surface area contributed by atoms with Crippen LogP contribution in [-0.4, -0.2) is 17.4 Å². The molecule has 1 atom stereocenters. The van der Waals surface area contributed by atoms with Crippen molar-refractivity contribution in [3.05, 3.63) is 82.0 Å². The first-order chi connectivity index (χ1) is 12.1.